The van der Waals surface area contributed by atoms with E-state index in [2.05, 4.69) is 4.99 Å². The number of methoxy groups -OCH3 is 1. The van der Waals surface area contributed by atoms with Crippen LogP contribution in [0, 0.1) is 15.9 Å². The van der Waals surface area contributed by atoms with E-state index in [0.717, 1.165) is 12.1 Å². The number of carbonyl (C=O) groups is 2. The standard InChI is InChI=1S/C13H24N2O5.C8H8FNO2/c1-12(2,3)19-10(16)15(9(14-7)18-8)11(17)20-13(4,5)6;1-2-6-5-7(10(11)12)3-4-8(6)9/h1-8H3;3-5H,2H2,1H3. The molecule has 0 N–H and O–H groups in total. The van der Waals surface area contributed by atoms with Gasteiger partial charge in [-0.2, -0.15) is 0 Å². The molecule has 0 aliphatic heterocycles. The van der Waals surface area contributed by atoms with E-state index in [9.17, 15) is 24.1 Å². The average molecular weight is 457 g/mol. The van der Waals surface area contributed by atoms with Crippen LogP contribution in [0.3, 0.4) is 0 Å². The van der Waals surface area contributed by atoms with Crippen molar-refractivity contribution in [3.8, 4) is 0 Å². The number of nitrogens with zero attached hydrogens (tertiary/aromatic N) is 3. The Bertz CT molecular complexity index is 815. The second kappa shape index (κ2) is 12.0. The predicted octanol–water partition coefficient (Wildman–Crippen LogP) is 5.09. The van der Waals surface area contributed by atoms with Gasteiger partial charge in [-0.15, -0.1) is 4.90 Å². The molecule has 0 fully saturated rings. The maximum absolute atomic E-state index is 12.8. The quantitative estimate of drug-likeness (QED) is 0.262. The number of halogens is 1. The Morgan fingerprint density at radius 2 is 1.56 bits per heavy atom. The highest BCUT2D eigenvalue weighted by Crippen LogP contribution is 2.17. The number of non-ortho nitro benzene ring substituents is 1. The molecule has 0 aromatic heterocycles. The molecule has 1 aromatic carbocycles. The number of ether oxygens (including phenoxy) is 3. The van der Waals surface area contributed by atoms with Crippen LogP contribution in [0.1, 0.15) is 54.0 Å². The van der Waals surface area contributed by atoms with Crippen molar-refractivity contribution < 1.29 is 33.1 Å². The molecule has 0 unspecified atom stereocenters. The lowest BCUT2D eigenvalue weighted by molar-refractivity contribution is -0.385. The van der Waals surface area contributed by atoms with Crippen LogP contribution < -0.4 is 0 Å². The molecule has 0 saturated heterocycles. The van der Waals surface area contributed by atoms with Gasteiger partial charge in [0.2, 0.25) is 0 Å². The molecule has 0 bridgehead atoms. The number of nitro benzene ring substituents is 1. The van der Waals surface area contributed by atoms with E-state index >= 15 is 0 Å². The first-order chi connectivity index (χ1) is 14.6. The second-order valence-corrected chi connectivity index (χ2v) is 8.39. The third-order valence-corrected chi connectivity index (χ3v) is 3.34. The third kappa shape index (κ3) is 10.2. The summed E-state index contributed by atoms with van der Waals surface area (Å²) in [5.74, 6) is -0.386. The number of imide groups is 1. The number of benzene rings is 1. The van der Waals surface area contributed by atoms with Gasteiger partial charge < -0.3 is 14.2 Å². The fourth-order valence-electron chi connectivity index (χ4n) is 2.07. The fraction of sp³-hybridized carbons (Fsp3) is 0.571. The largest absolute Gasteiger partial charge is 0.468 e. The van der Waals surface area contributed by atoms with Crippen LogP contribution in [0.5, 0.6) is 0 Å². The Kier molecular flexibility index (Phi) is 10.8. The molecule has 0 heterocycles. The zero-order chi connectivity index (χ0) is 25.3. The van der Waals surface area contributed by atoms with E-state index < -0.39 is 28.3 Å². The molecule has 2 amide bonds. The van der Waals surface area contributed by atoms with Gasteiger partial charge in [-0.1, -0.05) is 6.92 Å². The maximum atomic E-state index is 12.8. The SMILES string of the molecule is CCc1cc([N+](=O)[O-])ccc1F.CN=C(OC)N(C(=O)OC(C)(C)C)C(=O)OC(C)(C)C. The smallest absolute Gasteiger partial charge is 0.428 e. The molecule has 180 valence electrons. The van der Waals surface area contributed by atoms with Crippen LogP contribution in [0.25, 0.3) is 0 Å². The molecule has 32 heavy (non-hydrogen) atoms. The van der Waals surface area contributed by atoms with Crippen molar-refractivity contribution in [2.75, 3.05) is 14.2 Å². The van der Waals surface area contributed by atoms with Crippen molar-refractivity contribution in [1.29, 1.82) is 0 Å². The van der Waals surface area contributed by atoms with E-state index in [1.807, 2.05) is 0 Å². The minimum atomic E-state index is -0.908. The predicted molar refractivity (Wildman–Crippen MR) is 117 cm³/mol. The summed E-state index contributed by atoms with van der Waals surface area (Å²) in [7, 11) is 2.69. The van der Waals surface area contributed by atoms with E-state index in [1.165, 1.54) is 20.2 Å². The van der Waals surface area contributed by atoms with Gasteiger partial charge in [0.05, 0.1) is 12.0 Å². The zero-order valence-corrected chi connectivity index (χ0v) is 20.0. The number of amides is 2. The summed E-state index contributed by atoms with van der Waals surface area (Å²) in [5.41, 5.74) is -1.20. The molecule has 0 spiro atoms. The number of rotatable bonds is 2. The van der Waals surface area contributed by atoms with Crippen molar-refractivity contribution >= 4 is 23.9 Å². The molecule has 0 aliphatic carbocycles. The number of aryl methyl sites for hydroxylation is 1. The number of aliphatic imine (C=N–C) groups is 1. The summed E-state index contributed by atoms with van der Waals surface area (Å²) in [6, 6.07) is 3.34. The average Bonchev–Trinajstić information content (AvgIpc) is 2.63. The van der Waals surface area contributed by atoms with Crippen LogP contribution >= 0.6 is 0 Å². The summed E-state index contributed by atoms with van der Waals surface area (Å²) < 4.78 is 28.0. The number of nitro groups is 1. The lowest BCUT2D eigenvalue weighted by atomic mass is 10.1. The Labute approximate surface area is 187 Å². The number of carbonyl (C=O) groups excluding carboxylic acids is 2. The first kappa shape index (κ1) is 28.8. The van der Waals surface area contributed by atoms with Gasteiger partial charge in [0, 0.05) is 19.2 Å². The highest BCUT2D eigenvalue weighted by Gasteiger charge is 2.35. The lowest BCUT2D eigenvalue weighted by Crippen LogP contribution is -2.47. The highest BCUT2D eigenvalue weighted by molar-refractivity contribution is 6.05. The van der Waals surface area contributed by atoms with Gasteiger partial charge in [0.15, 0.2) is 0 Å². The zero-order valence-electron chi connectivity index (χ0n) is 20.0. The Morgan fingerprint density at radius 3 is 1.88 bits per heavy atom. The molecule has 10 nitrogen and oxygen atoms in total. The summed E-state index contributed by atoms with van der Waals surface area (Å²) in [4.78, 5) is 38.3. The van der Waals surface area contributed by atoms with Crippen molar-refractivity contribution in [1.82, 2.24) is 4.90 Å². The van der Waals surface area contributed by atoms with E-state index in [4.69, 9.17) is 14.2 Å². The fourth-order valence-corrected chi connectivity index (χ4v) is 2.07. The summed E-state index contributed by atoms with van der Waals surface area (Å²) >= 11 is 0. The Balaban J connectivity index is 0.000000677. The van der Waals surface area contributed by atoms with Crippen molar-refractivity contribution in [2.45, 2.75) is 66.1 Å². The molecular formula is C21H32FN3O7. The Hall–Kier alpha value is -3.24. The first-order valence-corrected chi connectivity index (χ1v) is 9.76. The Morgan fingerprint density at radius 1 is 1.09 bits per heavy atom. The first-order valence-electron chi connectivity index (χ1n) is 9.76. The third-order valence-electron chi connectivity index (χ3n) is 3.34. The molecule has 1 rings (SSSR count). The minimum Gasteiger partial charge on any atom is -0.468 e. The van der Waals surface area contributed by atoms with Gasteiger partial charge in [0.1, 0.15) is 17.0 Å². The van der Waals surface area contributed by atoms with Gasteiger partial charge in [-0.3, -0.25) is 10.1 Å². The van der Waals surface area contributed by atoms with Crippen LogP contribution in [0.15, 0.2) is 23.2 Å². The van der Waals surface area contributed by atoms with Crippen molar-refractivity contribution in [3.05, 3.63) is 39.7 Å². The summed E-state index contributed by atoms with van der Waals surface area (Å²) in [6.07, 6.45) is -1.35. The topological polar surface area (TPSA) is 121 Å². The number of amidine groups is 1. The van der Waals surface area contributed by atoms with Gasteiger partial charge in [-0.25, -0.2) is 19.0 Å². The van der Waals surface area contributed by atoms with Gasteiger partial charge >= 0.3 is 18.2 Å². The van der Waals surface area contributed by atoms with E-state index in [-0.39, 0.29) is 17.5 Å². The molecular weight excluding hydrogens is 425 g/mol. The minimum absolute atomic E-state index is 0.0618. The van der Waals surface area contributed by atoms with Gasteiger partial charge in [-0.05, 0) is 59.6 Å². The molecule has 0 saturated carbocycles. The highest BCUT2D eigenvalue weighted by atomic mass is 19.1. The number of hydrogen-bond acceptors (Lipinski definition) is 8. The molecule has 1 aromatic rings. The van der Waals surface area contributed by atoms with Gasteiger partial charge in [0.25, 0.3) is 5.69 Å². The number of hydrogen-bond donors (Lipinski definition) is 0. The van der Waals surface area contributed by atoms with Crippen LogP contribution in [-0.2, 0) is 20.6 Å². The lowest BCUT2D eigenvalue weighted by Gasteiger charge is -2.28. The van der Waals surface area contributed by atoms with Crippen LogP contribution in [0.4, 0.5) is 19.7 Å². The molecule has 0 radical (unpaired) electrons. The van der Waals surface area contributed by atoms with E-state index in [1.54, 1.807) is 48.5 Å². The normalized spacial score (nSPS) is 11.6. The summed E-state index contributed by atoms with van der Waals surface area (Å²) in [6.45, 7) is 11.9. The van der Waals surface area contributed by atoms with Crippen molar-refractivity contribution in [2.24, 2.45) is 4.99 Å². The molecule has 11 heteroatoms. The molecule has 0 atom stereocenters. The van der Waals surface area contributed by atoms with E-state index in [0.29, 0.717) is 16.9 Å². The molecule has 0 aliphatic rings. The summed E-state index contributed by atoms with van der Waals surface area (Å²) in [5, 5.41) is 10.3. The van der Waals surface area contributed by atoms with Crippen LogP contribution in [0.2, 0.25) is 0 Å². The van der Waals surface area contributed by atoms with Crippen molar-refractivity contribution in [3.63, 3.8) is 0 Å². The monoisotopic (exact) mass is 457 g/mol. The second-order valence-electron chi connectivity index (χ2n) is 8.39. The van der Waals surface area contributed by atoms with Crippen LogP contribution in [-0.4, -0.2) is 53.4 Å². The maximum Gasteiger partial charge on any atom is 0.428 e.